The largest absolute Gasteiger partial charge is 0.491 e. The second kappa shape index (κ2) is 6.49. The van der Waals surface area contributed by atoms with E-state index in [2.05, 4.69) is 9.97 Å². The number of carbonyl (C=O) groups excluding carboxylic acids is 1. The van der Waals surface area contributed by atoms with Gasteiger partial charge in [-0.25, -0.2) is 14.8 Å². The van der Waals surface area contributed by atoms with Gasteiger partial charge >= 0.3 is 19.2 Å². The summed E-state index contributed by atoms with van der Waals surface area (Å²) in [7, 11) is -1.61. The molecule has 1 aromatic heterocycles. The summed E-state index contributed by atoms with van der Waals surface area (Å²) in [5.74, 6) is 0. The summed E-state index contributed by atoms with van der Waals surface area (Å²) in [6.07, 6.45) is 2.66. The van der Waals surface area contributed by atoms with Crippen LogP contribution in [-0.2, 0) is 4.74 Å². The van der Waals surface area contributed by atoms with Gasteiger partial charge in [0.25, 0.3) is 0 Å². The molecule has 1 amide bonds. The first kappa shape index (κ1) is 16.5. The van der Waals surface area contributed by atoms with E-state index in [4.69, 9.17) is 19.5 Å². The first-order chi connectivity index (χ1) is 10.2. The molecule has 1 aliphatic rings. The fourth-order valence-corrected chi connectivity index (χ4v) is 1.99. The summed E-state index contributed by atoms with van der Waals surface area (Å²) >= 11 is 0. The van der Waals surface area contributed by atoms with Crippen molar-refractivity contribution in [2.24, 2.45) is 0 Å². The maximum absolute atomic E-state index is 11.9. The van der Waals surface area contributed by atoms with Crippen molar-refractivity contribution in [1.82, 2.24) is 14.9 Å². The molecule has 2 N–H and O–H groups in total. The Hall–Kier alpha value is -1.87. The molecule has 1 fully saturated rings. The Morgan fingerprint density at radius 3 is 2.55 bits per heavy atom. The number of ether oxygens (including phenoxy) is 2. The quantitative estimate of drug-likeness (QED) is 0.728. The number of hydrogen-bond acceptors (Lipinski definition) is 7. The van der Waals surface area contributed by atoms with Crippen LogP contribution in [0.3, 0.4) is 0 Å². The smallest absolute Gasteiger partial charge is 0.458 e. The van der Waals surface area contributed by atoms with E-state index in [1.807, 2.05) is 20.8 Å². The summed E-state index contributed by atoms with van der Waals surface area (Å²) < 4.78 is 10.9. The topological polar surface area (TPSA) is 105 Å². The molecule has 9 heteroatoms. The third-order valence-electron chi connectivity index (χ3n) is 3.02. The molecule has 1 aromatic rings. The normalized spacial score (nSPS) is 18.2. The molecule has 0 aliphatic carbocycles. The van der Waals surface area contributed by atoms with Crippen molar-refractivity contribution in [2.45, 2.75) is 38.9 Å². The van der Waals surface area contributed by atoms with Crippen LogP contribution in [0.2, 0.25) is 0 Å². The van der Waals surface area contributed by atoms with E-state index >= 15 is 0 Å². The molecule has 0 unspecified atom stereocenters. The first-order valence-electron chi connectivity index (χ1n) is 7.07. The molecule has 0 saturated carbocycles. The number of carbonyl (C=O) groups is 1. The predicted molar refractivity (Wildman–Crippen MR) is 78.7 cm³/mol. The van der Waals surface area contributed by atoms with Gasteiger partial charge in [-0.15, -0.1) is 0 Å². The fourth-order valence-electron chi connectivity index (χ4n) is 1.99. The zero-order valence-corrected chi connectivity index (χ0v) is 12.9. The van der Waals surface area contributed by atoms with Crippen LogP contribution in [0.15, 0.2) is 12.4 Å². The minimum absolute atomic E-state index is 0.139. The van der Waals surface area contributed by atoms with Crippen LogP contribution in [0, 0.1) is 0 Å². The van der Waals surface area contributed by atoms with E-state index in [1.165, 1.54) is 12.4 Å². The summed E-state index contributed by atoms with van der Waals surface area (Å²) in [6, 6.07) is 0.139. The summed E-state index contributed by atoms with van der Waals surface area (Å²) in [5, 5.41) is 17.9. The highest BCUT2D eigenvalue weighted by atomic mass is 16.6. The molecule has 1 saturated heterocycles. The minimum Gasteiger partial charge on any atom is -0.458 e. The summed E-state index contributed by atoms with van der Waals surface area (Å²) in [4.78, 5) is 21.3. The van der Waals surface area contributed by atoms with Crippen LogP contribution in [0.4, 0.5) is 4.79 Å². The number of aromatic nitrogens is 2. The lowest BCUT2D eigenvalue weighted by Crippen LogP contribution is -2.36. The lowest BCUT2D eigenvalue weighted by Gasteiger charge is -2.24. The number of rotatable bonds is 3. The molecular formula is C13H20BN3O5. The molecule has 1 atom stereocenters. The van der Waals surface area contributed by atoms with E-state index in [9.17, 15) is 4.79 Å². The van der Waals surface area contributed by atoms with Gasteiger partial charge in [0.05, 0.1) is 6.54 Å². The molecule has 0 bridgehead atoms. The average molecular weight is 309 g/mol. The molecule has 1 aliphatic heterocycles. The van der Waals surface area contributed by atoms with Gasteiger partial charge in [-0.3, -0.25) is 0 Å². The van der Waals surface area contributed by atoms with E-state index in [1.54, 1.807) is 4.90 Å². The Morgan fingerprint density at radius 1 is 1.36 bits per heavy atom. The van der Waals surface area contributed by atoms with E-state index in [0.717, 1.165) is 0 Å². The Labute approximate surface area is 129 Å². The van der Waals surface area contributed by atoms with E-state index in [0.29, 0.717) is 19.5 Å². The van der Waals surface area contributed by atoms with E-state index < -0.39 is 12.7 Å². The number of hydrogen-bond donors (Lipinski definition) is 2. The van der Waals surface area contributed by atoms with Gasteiger partial charge in [-0.05, 0) is 20.8 Å². The van der Waals surface area contributed by atoms with Gasteiger partial charge in [0.15, 0.2) is 0 Å². The standard InChI is InChI=1S/C13H20BN3O5/c1-13(2,3)22-12(18)17-5-4-10(8-17)21-11-15-6-9(7-16-11)14(19)20/h6-7,10,19-20H,4-5,8H2,1-3H3/t10-/m1/s1. The third kappa shape index (κ3) is 4.57. The van der Waals surface area contributed by atoms with Crippen molar-refractivity contribution < 1.29 is 24.3 Å². The van der Waals surface area contributed by atoms with Gasteiger partial charge < -0.3 is 24.4 Å². The van der Waals surface area contributed by atoms with Gasteiger partial charge in [-0.1, -0.05) is 0 Å². The lowest BCUT2D eigenvalue weighted by atomic mass is 9.83. The number of likely N-dealkylation sites (tertiary alicyclic amines) is 1. The van der Waals surface area contributed by atoms with Crippen molar-refractivity contribution in [2.75, 3.05) is 13.1 Å². The zero-order valence-electron chi connectivity index (χ0n) is 12.9. The SMILES string of the molecule is CC(C)(C)OC(=O)N1CC[C@@H](Oc2ncc(B(O)O)cn2)C1. The number of amides is 1. The van der Waals surface area contributed by atoms with E-state index in [-0.39, 0.29) is 23.7 Å². The van der Waals surface area contributed by atoms with Crippen LogP contribution >= 0.6 is 0 Å². The summed E-state index contributed by atoms with van der Waals surface area (Å²) in [6.45, 7) is 6.41. The molecular weight excluding hydrogens is 289 g/mol. The van der Waals surface area contributed by atoms with Crippen LogP contribution in [-0.4, -0.2) is 62.9 Å². The maximum Gasteiger partial charge on any atom is 0.491 e. The second-order valence-electron chi connectivity index (χ2n) is 6.13. The zero-order chi connectivity index (χ0) is 16.3. The average Bonchev–Trinajstić information content (AvgIpc) is 2.86. The predicted octanol–water partition coefficient (Wildman–Crippen LogP) is -0.455. The lowest BCUT2D eigenvalue weighted by molar-refractivity contribution is 0.0274. The minimum atomic E-state index is -1.61. The van der Waals surface area contributed by atoms with Crippen molar-refractivity contribution in [3.63, 3.8) is 0 Å². The third-order valence-corrected chi connectivity index (χ3v) is 3.02. The monoisotopic (exact) mass is 309 g/mol. The Kier molecular flexibility index (Phi) is 4.87. The molecule has 22 heavy (non-hydrogen) atoms. The molecule has 0 aromatic carbocycles. The Morgan fingerprint density at radius 2 is 2.00 bits per heavy atom. The van der Waals surface area contributed by atoms with Crippen LogP contribution in [0.1, 0.15) is 27.2 Å². The van der Waals surface area contributed by atoms with Crippen LogP contribution in [0.25, 0.3) is 0 Å². The molecule has 2 heterocycles. The highest BCUT2D eigenvalue weighted by Gasteiger charge is 2.31. The van der Waals surface area contributed by atoms with Gasteiger partial charge in [0, 0.05) is 30.8 Å². The molecule has 0 spiro atoms. The van der Waals surface area contributed by atoms with Crippen LogP contribution in [0.5, 0.6) is 6.01 Å². The van der Waals surface area contributed by atoms with Crippen molar-refractivity contribution >= 4 is 18.7 Å². The first-order valence-corrected chi connectivity index (χ1v) is 7.07. The van der Waals surface area contributed by atoms with Gasteiger partial charge in [-0.2, -0.15) is 0 Å². The molecule has 120 valence electrons. The molecule has 8 nitrogen and oxygen atoms in total. The number of nitrogens with zero attached hydrogens (tertiary/aromatic N) is 3. The van der Waals surface area contributed by atoms with Crippen molar-refractivity contribution in [3.8, 4) is 6.01 Å². The van der Waals surface area contributed by atoms with Crippen molar-refractivity contribution in [3.05, 3.63) is 12.4 Å². The molecule has 0 radical (unpaired) electrons. The summed E-state index contributed by atoms with van der Waals surface area (Å²) in [5.41, 5.74) is -0.339. The van der Waals surface area contributed by atoms with Gasteiger partial charge in [0.2, 0.25) is 0 Å². The highest BCUT2D eigenvalue weighted by Crippen LogP contribution is 2.17. The molecule has 2 rings (SSSR count). The second-order valence-corrected chi connectivity index (χ2v) is 6.13. The maximum atomic E-state index is 11.9. The van der Waals surface area contributed by atoms with Crippen LogP contribution < -0.4 is 10.2 Å². The Balaban J connectivity index is 1.87. The fraction of sp³-hybridized carbons (Fsp3) is 0.615. The Bertz CT molecular complexity index is 517. The van der Waals surface area contributed by atoms with Gasteiger partial charge in [0.1, 0.15) is 11.7 Å². The van der Waals surface area contributed by atoms with Crippen molar-refractivity contribution in [1.29, 1.82) is 0 Å². The highest BCUT2D eigenvalue weighted by molar-refractivity contribution is 6.58.